The van der Waals surface area contributed by atoms with Gasteiger partial charge in [0.15, 0.2) is 11.6 Å². The van der Waals surface area contributed by atoms with Gasteiger partial charge in [-0.2, -0.15) is 0 Å². The molecule has 5 aromatic carbocycles. The summed E-state index contributed by atoms with van der Waals surface area (Å²) in [5, 5.41) is 1.03. The van der Waals surface area contributed by atoms with Crippen LogP contribution in [0.25, 0.3) is 43.8 Å². The largest absolute Gasteiger partial charge is 0.207 e. The zero-order valence-corrected chi connectivity index (χ0v) is 16.2. The third kappa shape index (κ3) is 3.11. The Balaban J connectivity index is 2.04. The summed E-state index contributed by atoms with van der Waals surface area (Å²) in [6.07, 6.45) is 0. The van der Waals surface area contributed by atoms with Crippen LogP contribution in [0.1, 0.15) is 0 Å². The molecule has 0 saturated heterocycles. The van der Waals surface area contributed by atoms with Gasteiger partial charge < -0.3 is 0 Å². The predicted molar refractivity (Wildman–Crippen MR) is 112 cm³/mol. The van der Waals surface area contributed by atoms with Crippen molar-refractivity contribution in [2.45, 2.75) is 0 Å². The smallest absolute Gasteiger partial charge is 0.159 e. The third-order valence-electron chi connectivity index (χ3n) is 5.47. The Labute approximate surface area is 178 Å². The maximum absolute atomic E-state index is 14.8. The van der Waals surface area contributed by atoms with E-state index < -0.39 is 34.9 Å². The molecule has 0 nitrogen and oxygen atoms in total. The van der Waals surface area contributed by atoms with E-state index in [-0.39, 0.29) is 33.0 Å². The number of hydrogen-bond acceptors (Lipinski definition) is 0. The fraction of sp³-hybridized carbons (Fsp3) is 0. The molecule has 5 rings (SSSR count). The first kappa shape index (κ1) is 20.1. The minimum atomic E-state index is -1.18. The van der Waals surface area contributed by atoms with Crippen LogP contribution in [-0.4, -0.2) is 0 Å². The van der Waals surface area contributed by atoms with Crippen LogP contribution in [0, 0.1) is 34.9 Å². The molecule has 0 aliphatic rings. The molecule has 0 bridgehead atoms. The van der Waals surface area contributed by atoms with Gasteiger partial charge in [0.1, 0.15) is 23.3 Å². The zero-order valence-electron chi connectivity index (χ0n) is 16.2. The third-order valence-corrected chi connectivity index (χ3v) is 5.47. The van der Waals surface area contributed by atoms with E-state index in [1.807, 2.05) is 0 Å². The molecule has 0 aliphatic heterocycles. The first-order valence-corrected chi connectivity index (χ1v) is 9.59. The average molecular weight is 438 g/mol. The molecule has 0 radical (unpaired) electrons. The topological polar surface area (TPSA) is 0 Å². The van der Waals surface area contributed by atoms with E-state index in [9.17, 15) is 26.3 Å². The molecule has 0 unspecified atom stereocenters. The summed E-state index contributed by atoms with van der Waals surface area (Å²) in [5.41, 5.74) is 0.367. The number of hydrogen-bond donors (Lipinski definition) is 0. The number of benzene rings is 5. The van der Waals surface area contributed by atoms with Gasteiger partial charge in [-0.15, -0.1) is 0 Å². The van der Waals surface area contributed by atoms with Gasteiger partial charge in [-0.3, -0.25) is 0 Å². The molecule has 5 aromatic rings. The predicted octanol–water partition coefficient (Wildman–Crippen LogP) is 8.16. The summed E-state index contributed by atoms with van der Waals surface area (Å²) >= 11 is 0. The Hall–Kier alpha value is -3.80. The number of rotatable bonds is 2. The average Bonchev–Trinajstić information content (AvgIpc) is 2.75. The molecule has 0 atom stereocenters. The van der Waals surface area contributed by atoms with Crippen LogP contribution >= 0.6 is 0 Å². The van der Waals surface area contributed by atoms with Crippen molar-refractivity contribution in [3.63, 3.8) is 0 Å². The van der Waals surface area contributed by atoms with Gasteiger partial charge in [0, 0.05) is 34.4 Å². The van der Waals surface area contributed by atoms with Gasteiger partial charge in [0.25, 0.3) is 0 Å². The minimum Gasteiger partial charge on any atom is -0.207 e. The molecule has 32 heavy (non-hydrogen) atoms. The summed E-state index contributed by atoms with van der Waals surface area (Å²) in [6.45, 7) is 0. The van der Waals surface area contributed by atoms with Crippen molar-refractivity contribution in [3.8, 4) is 22.3 Å². The van der Waals surface area contributed by atoms with Crippen LogP contribution in [0.5, 0.6) is 0 Å². The summed E-state index contributed by atoms with van der Waals surface area (Å²) in [6, 6.07) is 14.3. The summed E-state index contributed by atoms with van der Waals surface area (Å²) in [4.78, 5) is 0. The Morgan fingerprint density at radius 2 is 0.781 bits per heavy atom. The van der Waals surface area contributed by atoms with E-state index in [0.717, 1.165) is 24.3 Å². The van der Waals surface area contributed by atoms with Crippen molar-refractivity contribution in [3.05, 3.63) is 108 Å². The summed E-state index contributed by atoms with van der Waals surface area (Å²) < 4.78 is 85.3. The quantitative estimate of drug-likeness (QED) is 0.193. The minimum absolute atomic E-state index is 0.0234. The zero-order chi connectivity index (χ0) is 22.6. The van der Waals surface area contributed by atoms with Gasteiger partial charge in [-0.1, -0.05) is 24.3 Å². The van der Waals surface area contributed by atoms with Crippen LogP contribution < -0.4 is 0 Å². The van der Waals surface area contributed by atoms with E-state index in [2.05, 4.69) is 0 Å². The molecule has 0 fully saturated rings. The molecule has 0 N–H and O–H groups in total. The van der Waals surface area contributed by atoms with Gasteiger partial charge in [-0.05, 0) is 57.9 Å². The van der Waals surface area contributed by atoms with Gasteiger partial charge in [0.05, 0.1) is 0 Å². The highest BCUT2D eigenvalue weighted by atomic mass is 19.2. The highest BCUT2D eigenvalue weighted by molar-refractivity contribution is 6.21. The first-order valence-electron chi connectivity index (χ1n) is 9.59. The number of halogens is 6. The second-order valence-electron chi connectivity index (χ2n) is 7.36. The first-order chi connectivity index (χ1) is 15.3. The lowest BCUT2D eigenvalue weighted by Gasteiger charge is -2.18. The molecule has 0 aliphatic carbocycles. The van der Waals surface area contributed by atoms with Crippen molar-refractivity contribution in [1.29, 1.82) is 0 Å². The van der Waals surface area contributed by atoms with Crippen molar-refractivity contribution >= 4 is 21.5 Å². The van der Waals surface area contributed by atoms with Crippen LogP contribution in [0.15, 0.2) is 72.8 Å². The lowest BCUT2D eigenvalue weighted by molar-refractivity contribution is 0.511. The molecule has 0 amide bonds. The standard InChI is InChI=1S/C26H12F6/c27-13-5-7-17(21(29)9-13)25-15-3-1-2-4-16(15)26(18-8-6-14(28)10-22(18)30)20-12-24(32)23(31)11-19(20)25/h1-12H. The second kappa shape index (κ2) is 7.41. The lowest BCUT2D eigenvalue weighted by Crippen LogP contribution is -1.97. The van der Waals surface area contributed by atoms with Crippen molar-refractivity contribution in [1.82, 2.24) is 0 Å². The monoisotopic (exact) mass is 438 g/mol. The molecule has 0 aromatic heterocycles. The van der Waals surface area contributed by atoms with E-state index in [1.165, 1.54) is 12.1 Å². The molecule has 6 heteroatoms. The second-order valence-corrected chi connectivity index (χ2v) is 7.36. The van der Waals surface area contributed by atoms with Crippen LogP contribution in [-0.2, 0) is 0 Å². The molecule has 158 valence electrons. The summed E-state index contributed by atoms with van der Waals surface area (Å²) in [7, 11) is 0. The fourth-order valence-electron chi connectivity index (χ4n) is 4.13. The lowest BCUT2D eigenvalue weighted by atomic mass is 9.85. The SMILES string of the molecule is Fc1ccc(-c2c3ccccc3c(-c3ccc(F)cc3F)c3cc(F)c(F)cc23)c(F)c1. The molecular weight excluding hydrogens is 426 g/mol. The highest BCUT2D eigenvalue weighted by Gasteiger charge is 2.22. The maximum atomic E-state index is 14.8. The Morgan fingerprint density at radius 1 is 0.375 bits per heavy atom. The maximum Gasteiger partial charge on any atom is 0.159 e. The Morgan fingerprint density at radius 3 is 1.16 bits per heavy atom. The number of fused-ring (bicyclic) bond motifs is 2. The van der Waals surface area contributed by atoms with Crippen molar-refractivity contribution in [2.75, 3.05) is 0 Å². The Kier molecular flexibility index (Phi) is 4.66. The molecule has 0 saturated carbocycles. The van der Waals surface area contributed by atoms with Crippen molar-refractivity contribution in [2.24, 2.45) is 0 Å². The van der Waals surface area contributed by atoms with Crippen LogP contribution in [0.2, 0.25) is 0 Å². The van der Waals surface area contributed by atoms with E-state index in [0.29, 0.717) is 22.9 Å². The molecule has 0 spiro atoms. The van der Waals surface area contributed by atoms with Crippen molar-refractivity contribution < 1.29 is 26.3 Å². The molecular formula is C26H12F6. The van der Waals surface area contributed by atoms with Gasteiger partial charge in [-0.25, -0.2) is 26.3 Å². The van der Waals surface area contributed by atoms with Gasteiger partial charge >= 0.3 is 0 Å². The fourth-order valence-corrected chi connectivity index (χ4v) is 4.13. The van der Waals surface area contributed by atoms with Crippen LogP contribution in [0.4, 0.5) is 26.3 Å². The normalized spacial score (nSPS) is 11.4. The van der Waals surface area contributed by atoms with E-state index in [4.69, 9.17) is 0 Å². The highest BCUT2D eigenvalue weighted by Crippen LogP contribution is 2.45. The van der Waals surface area contributed by atoms with E-state index >= 15 is 0 Å². The van der Waals surface area contributed by atoms with Gasteiger partial charge in [0.2, 0.25) is 0 Å². The van der Waals surface area contributed by atoms with E-state index in [1.54, 1.807) is 24.3 Å². The Bertz CT molecular complexity index is 1420. The summed E-state index contributed by atoms with van der Waals surface area (Å²) in [5.74, 6) is -5.71. The molecule has 0 heterocycles. The van der Waals surface area contributed by atoms with Crippen LogP contribution in [0.3, 0.4) is 0 Å².